The van der Waals surface area contributed by atoms with Crippen molar-refractivity contribution in [1.82, 2.24) is 0 Å². The molecule has 0 aromatic heterocycles. The van der Waals surface area contributed by atoms with Gasteiger partial charge in [0.05, 0.1) is 6.42 Å². The first-order chi connectivity index (χ1) is 14.7. The highest BCUT2D eigenvalue weighted by Crippen LogP contribution is 2.60. The molecule has 170 valence electrons. The summed E-state index contributed by atoms with van der Waals surface area (Å²) in [7, 11) is 0. The molecule has 8 atom stereocenters. The summed E-state index contributed by atoms with van der Waals surface area (Å²) in [6.45, 7) is 6.18. The molecular weight excluding hydrogens is 407 g/mol. The molecule has 31 heavy (non-hydrogen) atoms. The van der Waals surface area contributed by atoms with E-state index in [0.717, 1.165) is 25.7 Å². The van der Waals surface area contributed by atoms with Crippen LogP contribution >= 0.6 is 0 Å². The minimum Gasteiger partial charge on any atom is -0.481 e. The molecule has 1 aromatic rings. The van der Waals surface area contributed by atoms with Crippen LogP contribution in [0.4, 0.5) is 4.39 Å². The van der Waals surface area contributed by atoms with E-state index in [2.05, 4.69) is 13.8 Å². The third kappa shape index (κ3) is 3.35. The molecule has 4 saturated heterocycles. The SMILES string of the molecule is C[C@H]1[C@@H](Oc2ccc(CC(=O)O)c(F)c2)O[C@@H]2O[C@@]3(C)CC[C@H]4[C@H](C)CC[C@@H]1[C@@]24OO3. The molecule has 6 rings (SSSR count). The largest absolute Gasteiger partial charge is 0.481 e. The molecular formula is C23H29FO7. The lowest BCUT2D eigenvalue weighted by Gasteiger charge is -2.60. The standard InChI is InChI=1S/C23H29FO7/c1-12-4-7-17-13(2)20(27-15-6-5-14(10-19(25)26)18(24)11-15)28-21-23(17)16(12)8-9-22(3,29-21)30-31-23/h5-6,11-13,16-17,20-21H,4,7-10H2,1-3H3,(H,25,26)/t12-,13-,16+,17+,20+,21-,22-,23-/m1/s1. The first-order valence-corrected chi connectivity index (χ1v) is 11.1. The quantitative estimate of drug-likeness (QED) is 0.713. The summed E-state index contributed by atoms with van der Waals surface area (Å²) in [4.78, 5) is 22.8. The van der Waals surface area contributed by atoms with Gasteiger partial charge in [0.15, 0.2) is 11.9 Å². The summed E-state index contributed by atoms with van der Waals surface area (Å²) in [5.74, 6) is -1.47. The van der Waals surface area contributed by atoms with Crippen molar-refractivity contribution in [2.24, 2.45) is 23.7 Å². The Kier molecular flexibility index (Phi) is 5.04. The van der Waals surface area contributed by atoms with Crippen molar-refractivity contribution in [2.75, 3.05) is 0 Å². The lowest BCUT2D eigenvalue weighted by molar-refractivity contribution is -0.575. The summed E-state index contributed by atoms with van der Waals surface area (Å²) >= 11 is 0. The third-order valence-corrected chi connectivity index (χ3v) is 7.72. The Morgan fingerprint density at radius 3 is 2.77 bits per heavy atom. The van der Waals surface area contributed by atoms with Gasteiger partial charge in [-0.3, -0.25) is 4.79 Å². The van der Waals surface area contributed by atoms with E-state index in [4.69, 9.17) is 29.1 Å². The van der Waals surface area contributed by atoms with Crippen molar-refractivity contribution in [1.29, 1.82) is 0 Å². The maximum atomic E-state index is 14.4. The van der Waals surface area contributed by atoms with Crippen LogP contribution in [0.3, 0.4) is 0 Å². The fraction of sp³-hybridized carbons (Fsp3) is 0.696. The van der Waals surface area contributed by atoms with Gasteiger partial charge in [0.25, 0.3) is 0 Å². The molecule has 2 bridgehead atoms. The number of aliphatic carboxylic acids is 1. The van der Waals surface area contributed by atoms with Gasteiger partial charge < -0.3 is 19.3 Å². The van der Waals surface area contributed by atoms with Crippen LogP contribution < -0.4 is 4.74 Å². The molecule has 1 saturated carbocycles. The Bertz CT molecular complexity index is 877. The highest BCUT2D eigenvalue weighted by Gasteiger charge is 2.69. The van der Waals surface area contributed by atoms with E-state index >= 15 is 0 Å². The first kappa shape index (κ1) is 21.1. The summed E-state index contributed by atoms with van der Waals surface area (Å²) in [6.07, 6.45) is 2.04. The van der Waals surface area contributed by atoms with Crippen LogP contribution in [-0.4, -0.2) is 35.0 Å². The summed E-state index contributed by atoms with van der Waals surface area (Å²) < 4.78 is 33.0. The van der Waals surface area contributed by atoms with Gasteiger partial charge in [-0.1, -0.05) is 19.9 Å². The monoisotopic (exact) mass is 436 g/mol. The fourth-order valence-corrected chi connectivity index (χ4v) is 6.05. The second-order valence-corrected chi connectivity index (χ2v) is 9.72. The number of carboxylic acids is 1. The van der Waals surface area contributed by atoms with E-state index in [1.165, 1.54) is 12.1 Å². The predicted molar refractivity (Wildman–Crippen MR) is 105 cm³/mol. The minimum absolute atomic E-state index is 0.0392. The molecule has 1 N–H and O–H groups in total. The molecule has 7 nitrogen and oxygen atoms in total. The fourth-order valence-electron chi connectivity index (χ4n) is 6.05. The smallest absolute Gasteiger partial charge is 0.307 e. The molecule has 0 amide bonds. The van der Waals surface area contributed by atoms with Crippen molar-refractivity contribution >= 4 is 5.97 Å². The lowest BCUT2D eigenvalue weighted by atomic mass is 9.58. The second-order valence-electron chi connectivity index (χ2n) is 9.72. The number of carbonyl (C=O) groups is 1. The highest BCUT2D eigenvalue weighted by atomic mass is 19.1. The van der Waals surface area contributed by atoms with Crippen molar-refractivity contribution in [2.45, 2.75) is 76.8 Å². The summed E-state index contributed by atoms with van der Waals surface area (Å²) in [5, 5.41) is 8.91. The average molecular weight is 436 g/mol. The van der Waals surface area contributed by atoms with Crippen LogP contribution in [0.2, 0.25) is 0 Å². The van der Waals surface area contributed by atoms with Gasteiger partial charge in [-0.2, -0.15) is 0 Å². The van der Waals surface area contributed by atoms with Crippen LogP contribution in [0.5, 0.6) is 5.75 Å². The van der Waals surface area contributed by atoms with Crippen molar-refractivity contribution < 1.29 is 38.3 Å². The van der Waals surface area contributed by atoms with Crippen molar-refractivity contribution in [3.8, 4) is 5.75 Å². The highest BCUT2D eigenvalue weighted by molar-refractivity contribution is 5.70. The van der Waals surface area contributed by atoms with Gasteiger partial charge in [0.1, 0.15) is 11.6 Å². The Morgan fingerprint density at radius 1 is 1.23 bits per heavy atom. The molecule has 0 radical (unpaired) electrons. The lowest BCUT2D eigenvalue weighted by Crippen LogP contribution is -2.70. The molecule has 5 aliphatic rings. The minimum atomic E-state index is -1.08. The van der Waals surface area contributed by atoms with Gasteiger partial charge in [0.2, 0.25) is 12.1 Å². The molecule has 4 heterocycles. The van der Waals surface area contributed by atoms with Gasteiger partial charge >= 0.3 is 5.97 Å². The maximum Gasteiger partial charge on any atom is 0.307 e. The Hall–Kier alpha value is -1.74. The van der Waals surface area contributed by atoms with Crippen LogP contribution in [0.1, 0.15) is 52.0 Å². The molecule has 1 spiro atoms. The number of benzene rings is 1. The van der Waals surface area contributed by atoms with E-state index in [0.29, 0.717) is 11.7 Å². The predicted octanol–water partition coefficient (Wildman–Crippen LogP) is 4.04. The average Bonchev–Trinajstić information content (AvgIpc) is 2.94. The van der Waals surface area contributed by atoms with Crippen LogP contribution in [-0.2, 0) is 30.5 Å². The number of fused-ring (bicyclic) bond motifs is 2. The Balaban J connectivity index is 1.42. The molecule has 1 aromatic carbocycles. The number of carboxylic acid groups (broad SMARTS) is 1. The topological polar surface area (TPSA) is 83.5 Å². The second kappa shape index (κ2) is 7.40. The summed E-state index contributed by atoms with van der Waals surface area (Å²) in [6, 6.07) is 4.23. The molecule has 0 unspecified atom stereocenters. The number of ether oxygens (including phenoxy) is 3. The third-order valence-electron chi connectivity index (χ3n) is 7.72. The Morgan fingerprint density at radius 2 is 2.03 bits per heavy atom. The van der Waals surface area contributed by atoms with E-state index in [-0.39, 0.29) is 29.7 Å². The van der Waals surface area contributed by atoms with Crippen molar-refractivity contribution in [3.63, 3.8) is 0 Å². The molecule has 8 heteroatoms. The molecule has 5 fully saturated rings. The number of hydrogen-bond donors (Lipinski definition) is 1. The van der Waals surface area contributed by atoms with E-state index in [9.17, 15) is 9.18 Å². The maximum absolute atomic E-state index is 14.4. The normalized spacial score (nSPS) is 43.7. The molecule has 1 aliphatic carbocycles. The van der Waals surface area contributed by atoms with Gasteiger partial charge in [0, 0.05) is 24.3 Å². The number of rotatable bonds is 4. The Labute approximate surface area is 180 Å². The van der Waals surface area contributed by atoms with E-state index in [1.807, 2.05) is 6.92 Å². The van der Waals surface area contributed by atoms with Crippen LogP contribution in [0.15, 0.2) is 18.2 Å². The van der Waals surface area contributed by atoms with Crippen LogP contribution in [0.25, 0.3) is 0 Å². The number of hydrogen-bond acceptors (Lipinski definition) is 6. The van der Waals surface area contributed by atoms with Gasteiger partial charge in [-0.15, -0.1) is 0 Å². The van der Waals surface area contributed by atoms with Crippen LogP contribution in [0, 0.1) is 29.5 Å². The summed E-state index contributed by atoms with van der Waals surface area (Å²) in [5.41, 5.74) is -0.563. The zero-order valence-corrected chi connectivity index (χ0v) is 18.0. The first-order valence-electron chi connectivity index (χ1n) is 11.1. The van der Waals surface area contributed by atoms with E-state index in [1.54, 1.807) is 6.07 Å². The zero-order chi connectivity index (χ0) is 22.0. The number of halogens is 1. The molecule has 4 aliphatic heterocycles. The zero-order valence-electron chi connectivity index (χ0n) is 18.0. The van der Waals surface area contributed by atoms with Gasteiger partial charge in [-0.25, -0.2) is 14.2 Å². The van der Waals surface area contributed by atoms with Crippen molar-refractivity contribution in [3.05, 3.63) is 29.6 Å². The van der Waals surface area contributed by atoms with Gasteiger partial charge in [-0.05, 0) is 49.7 Å². The van der Waals surface area contributed by atoms with E-state index < -0.39 is 35.8 Å².